The Kier molecular flexibility index (Phi) is 7.34. The third kappa shape index (κ3) is 4.93. The molecule has 0 radical (unpaired) electrons. The fourth-order valence-corrected chi connectivity index (χ4v) is 3.37. The number of likely N-dealkylation sites (tertiary alicyclic amines) is 1. The number of nitrogens with one attached hydrogen (secondary N) is 1. The standard InChI is InChI=1S/C15H31N3OS/c1-12(2)5-8-17-14(19)13(3)18-9-6-15(11-16,20-4)7-10-18/h12-13H,5-11,16H2,1-4H3,(H,17,19). The van der Waals surface area contributed by atoms with Crippen molar-refractivity contribution in [1.82, 2.24) is 10.2 Å². The fourth-order valence-electron chi connectivity index (χ4n) is 2.61. The summed E-state index contributed by atoms with van der Waals surface area (Å²) in [4.78, 5) is 14.4. The summed E-state index contributed by atoms with van der Waals surface area (Å²) in [6.45, 7) is 9.82. The van der Waals surface area contributed by atoms with E-state index in [9.17, 15) is 4.79 Å². The van der Waals surface area contributed by atoms with Gasteiger partial charge in [0, 0.05) is 30.9 Å². The molecule has 0 aromatic carbocycles. The summed E-state index contributed by atoms with van der Waals surface area (Å²) < 4.78 is 0.227. The van der Waals surface area contributed by atoms with E-state index in [1.165, 1.54) is 0 Å². The van der Waals surface area contributed by atoms with Gasteiger partial charge in [-0.15, -0.1) is 0 Å². The van der Waals surface area contributed by atoms with Crippen molar-refractivity contribution < 1.29 is 4.79 Å². The lowest BCUT2D eigenvalue weighted by atomic mass is 9.94. The molecule has 0 aliphatic carbocycles. The first-order chi connectivity index (χ1) is 9.44. The number of carbonyl (C=O) groups excluding carboxylic acids is 1. The lowest BCUT2D eigenvalue weighted by Gasteiger charge is -2.41. The number of rotatable bonds is 7. The zero-order valence-electron chi connectivity index (χ0n) is 13.4. The van der Waals surface area contributed by atoms with Crippen LogP contribution in [0.1, 0.15) is 40.0 Å². The molecule has 0 saturated carbocycles. The molecule has 1 amide bonds. The molecule has 1 rings (SSSR count). The Hall–Kier alpha value is -0.260. The Morgan fingerprint density at radius 1 is 1.35 bits per heavy atom. The molecule has 4 nitrogen and oxygen atoms in total. The third-order valence-electron chi connectivity index (χ3n) is 4.46. The number of amides is 1. The Balaban J connectivity index is 2.38. The van der Waals surface area contributed by atoms with Gasteiger partial charge in [-0.1, -0.05) is 13.8 Å². The molecule has 0 aromatic rings. The van der Waals surface area contributed by atoms with Crippen molar-refractivity contribution in [3.63, 3.8) is 0 Å². The van der Waals surface area contributed by atoms with Gasteiger partial charge in [-0.3, -0.25) is 9.69 Å². The highest BCUT2D eigenvalue weighted by molar-refractivity contribution is 8.00. The SMILES string of the molecule is CSC1(CN)CCN(C(C)C(=O)NCCC(C)C)CC1. The van der Waals surface area contributed by atoms with E-state index in [0.717, 1.165) is 45.4 Å². The summed E-state index contributed by atoms with van der Waals surface area (Å²) in [6, 6.07) is -0.0280. The van der Waals surface area contributed by atoms with Gasteiger partial charge in [0.05, 0.1) is 6.04 Å². The van der Waals surface area contributed by atoms with E-state index in [-0.39, 0.29) is 16.7 Å². The summed E-state index contributed by atoms with van der Waals surface area (Å²) in [5.41, 5.74) is 5.91. The van der Waals surface area contributed by atoms with Gasteiger partial charge in [-0.25, -0.2) is 0 Å². The molecule has 0 aromatic heterocycles. The van der Waals surface area contributed by atoms with E-state index >= 15 is 0 Å². The first-order valence-corrected chi connectivity index (χ1v) is 8.93. The Labute approximate surface area is 128 Å². The van der Waals surface area contributed by atoms with E-state index in [0.29, 0.717) is 5.92 Å². The van der Waals surface area contributed by atoms with Gasteiger partial charge >= 0.3 is 0 Å². The number of nitrogens with zero attached hydrogens (tertiary/aromatic N) is 1. The zero-order valence-corrected chi connectivity index (χ0v) is 14.3. The molecule has 3 N–H and O–H groups in total. The van der Waals surface area contributed by atoms with Gasteiger partial charge in [0.2, 0.25) is 5.91 Å². The second kappa shape index (κ2) is 8.25. The second-order valence-electron chi connectivity index (χ2n) is 6.28. The Morgan fingerprint density at radius 2 is 1.95 bits per heavy atom. The van der Waals surface area contributed by atoms with Crippen LogP contribution in [0.25, 0.3) is 0 Å². The monoisotopic (exact) mass is 301 g/mol. The molecule has 1 saturated heterocycles. The lowest BCUT2D eigenvalue weighted by Crippen LogP contribution is -2.53. The molecule has 20 heavy (non-hydrogen) atoms. The minimum absolute atomic E-state index is 0.0280. The topological polar surface area (TPSA) is 58.4 Å². The highest BCUT2D eigenvalue weighted by Crippen LogP contribution is 2.33. The van der Waals surface area contributed by atoms with Crippen LogP contribution in [0.3, 0.4) is 0 Å². The molecular weight excluding hydrogens is 270 g/mol. The molecule has 1 atom stereocenters. The number of nitrogens with two attached hydrogens (primary N) is 1. The van der Waals surface area contributed by atoms with Gasteiger partial charge in [-0.05, 0) is 38.4 Å². The first-order valence-electron chi connectivity index (χ1n) is 7.71. The normalized spacial score (nSPS) is 20.9. The Bertz CT molecular complexity index is 295. The van der Waals surface area contributed by atoms with Crippen molar-refractivity contribution in [3.8, 4) is 0 Å². The molecule has 1 aliphatic heterocycles. The second-order valence-corrected chi connectivity index (χ2v) is 7.55. The van der Waals surface area contributed by atoms with Gasteiger partial charge in [-0.2, -0.15) is 11.8 Å². The summed E-state index contributed by atoms with van der Waals surface area (Å²) in [6.07, 6.45) is 5.34. The summed E-state index contributed by atoms with van der Waals surface area (Å²) in [5.74, 6) is 0.794. The maximum atomic E-state index is 12.1. The number of hydrogen-bond donors (Lipinski definition) is 2. The maximum Gasteiger partial charge on any atom is 0.237 e. The van der Waals surface area contributed by atoms with E-state index in [4.69, 9.17) is 5.73 Å². The average molecular weight is 302 g/mol. The highest BCUT2D eigenvalue weighted by atomic mass is 32.2. The molecular formula is C15H31N3OS. The van der Waals surface area contributed by atoms with Crippen molar-refractivity contribution >= 4 is 17.7 Å². The predicted molar refractivity (Wildman–Crippen MR) is 88.0 cm³/mol. The highest BCUT2D eigenvalue weighted by Gasteiger charge is 2.35. The van der Waals surface area contributed by atoms with Crippen molar-refractivity contribution in [2.24, 2.45) is 11.7 Å². The third-order valence-corrected chi connectivity index (χ3v) is 5.90. The Morgan fingerprint density at radius 3 is 2.40 bits per heavy atom. The molecule has 5 heteroatoms. The van der Waals surface area contributed by atoms with Crippen LogP contribution in [-0.2, 0) is 4.79 Å². The molecule has 1 aliphatic rings. The zero-order chi connectivity index (χ0) is 15.2. The van der Waals surface area contributed by atoms with E-state index in [1.54, 1.807) is 0 Å². The van der Waals surface area contributed by atoms with Crippen LogP contribution in [-0.4, -0.2) is 54.0 Å². The van der Waals surface area contributed by atoms with E-state index in [2.05, 4.69) is 30.3 Å². The van der Waals surface area contributed by atoms with Crippen LogP contribution in [0, 0.1) is 5.92 Å². The molecule has 1 fully saturated rings. The quantitative estimate of drug-likeness (QED) is 0.751. The molecule has 118 valence electrons. The molecule has 1 unspecified atom stereocenters. The van der Waals surface area contributed by atoms with Crippen LogP contribution in [0.5, 0.6) is 0 Å². The van der Waals surface area contributed by atoms with Gasteiger partial charge < -0.3 is 11.1 Å². The predicted octanol–water partition coefficient (Wildman–Crippen LogP) is 1.69. The molecule has 1 heterocycles. The largest absolute Gasteiger partial charge is 0.355 e. The van der Waals surface area contributed by atoms with Crippen LogP contribution >= 0.6 is 11.8 Å². The van der Waals surface area contributed by atoms with Crippen LogP contribution in [0.15, 0.2) is 0 Å². The van der Waals surface area contributed by atoms with Crippen molar-refractivity contribution in [2.45, 2.75) is 50.8 Å². The van der Waals surface area contributed by atoms with Gasteiger partial charge in [0.25, 0.3) is 0 Å². The van der Waals surface area contributed by atoms with Crippen LogP contribution in [0.4, 0.5) is 0 Å². The summed E-state index contributed by atoms with van der Waals surface area (Å²) >= 11 is 1.88. The van der Waals surface area contributed by atoms with Gasteiger partial charge in [0.15, 0.2) is 0 Å². The number of carbonyl (C=O) groups is 1. The minimum atomic E-state index is -0.0280. The van der Waals surface area contributed by atoms with Crippen molar-refractivity contribution in [1.29, 1.82) is 0 Å². The van der Waals surface area contributed by atoms with Gasteiger partial charge in [0.1, 0.15) is 0 Å². The molecule has 0 spiro atoms. The number of piperidine rings is 1. The first kappa shape index (κ1) is 17.8. The van der Waals surface area contributed by atoms with E-state index < -0.39 is 0 Å². The van der Waals surface area contributed by atoms with E-state index in [1.807, 2.05) is 18.7 Å². The smallest absolute Gasteiger partial charge is 0.237 e. The molecule has 0 bridgehead atoms. The van der Waals surface area contributed by atoms with Crippen molar-refractivity contribution in [3.05, 3.63) is 0 Å². The fraction of sp³-hybridized carbons (Fsp3) is 0.933. The average Bonchev–Trinajstić information content (AvgIpc) is 2.46. The van der Waals surface area contributed by atoms with Crippen molar-refractivity contribution in [2.75, 3.05) is 32.4 Å². The maximum absolute atomic E-state index is 12.1. The lowest BCUT2D eigenvalue weighted by molar-refractivity contribution is -0.126. The number of thioether (sulfide) groups is 1. The van der Waals surface area contributed by atoms with Crippen LogP contribution < -0.4 is 11.1 Å². The summed E-state index contributed by atoms with van der Waals surface area (Å²) in [5, 5.41) is 3.05. The number of hydrogen-bond acceptors (Lipinski definition) is 4. The minimum Gasteiger partial charge on any atom is -0.355 e. The summed E-state index contributed by atoms with van der Waals surface area (Å²) in [7, 11) is 0. The van der Waals surface area contributed by atoms with Crippen LogP contribution in [0.2, 0.25) is 0 Å².